The molecular weight excluding hydrogens is 486 g/mol. The maximum Gasteiger partial charge on any atom is 0.408 e. The van der Waals surface area contributed by atoms with Crippen LogP contribution in [0.25, 0.3) is 6.08 Å². The average Bonchev–Trinajstić information content (AvgIpc) is 2.85. The summed E-state index contributed by atoms with van der Waals surface area (Å²) in [5.74, 6) is -1.63. The lowest BCUT2D eigenvalue weighted by molar-refractivity contribution is -0.144. The summed E-state index contributed by atoms with van der Waals surface area (Å²) in [4.78, 5) is 53.3. The summed E-state index contributed by atoms with van der Waals surface area (Å²) in [6.07, 6.45) is 3.03. The van der Waals surface area contributed by atoms with Crippen LogP contribution in [0.5, 0.6) is 0 Å². The van der Waals surface area contributed by atoms with Gasteiger partial charge in [-0.25, -0.2) is 4.79 Å². The molecule has 0 heterocycles. The molecule has 0 aliphatic carbocycles. The molecule has 2 N–H and O–H groups in total. The number of carbonyl (C=O) groups is 4. The van der Waals surface area contributed by atoms with Gasteiger partial charge in [0, 0.05) is 13.1 Å². The molecule has 210 valence electrons. The highest BCUT2D eigenvalue weighted by Gasteiger charge is 2.37. The fourth-order valence-corrected chi connectivity index (χ4v) is 3.70. The monoisotopic (exact) mass is 529 g/mol. The van der Waals surface area contributed by atoms with Crippen molar-refractivity contribution in [1.29, 1.82) is 0 Å². The molecule has 0 spiro atoms. The third-order valence-corrected chi connectivity index (χ3v) is 5.72. The highest BCUT2D eigenvalue weighted by molar-refractivity contribution is 5.92. The van der Waals surface area contributed by atoms with Crippen LogP contribution in [-0.2, 0) is 23.9 Å². The SMILES string of the molecule is C=CCN(C(=O)C(NC(=O)OC(C)(C)C)C(C)CC)C(C(=O)NCCC(=O)OCC)c1cccc(C=C)c1. The molecule has 3 unspecified atom stereocenters. The van der Waals surface area contributed by atoms with Crippen LogP contribution >= 0.6 is 0 Å². The molecule has 0 aliphatic heterocycles. The number of nitrogens with zero attached hydrogens (tertiary/aromatic N) is 1. The minimum atomic E-state index is -1.06. The van der Waals surface area contributed by atoms with Crippen LogP contribution < -0.4 is 10.6 Å². The van der Waals surface area contributed by atoms with E-state index in [2.05, 4.69) is 23.8 Å². The van der Waals surface area contributed by atoms with Crippen molar-refractivity contribution in [2.75, 3.05) is 19.7 Å². The lowest BCUT2D eigenvalue weighted by atomic mass is 9.95. The minimum absolute atomic E-state index is 0.00983. The topological polar surface area (TPSA) is 114 Å². The summed E-state index contributed by atoms with van der Waals surface area (Å²) in [7, 11) is 0. The predicted octanol–water partition coefficient (Wildman–Crippen LogP) is 4.39. The molecule has 0 saturated carbocycles. The number of ether oxygens (including phenoxy) is 2. The van der Waals surface area contributed by atoms with Crippen LogP contribution in [0, 0.1) is 5.92 Å². The van der Waals surface area contributed by atoms with Gasteiger partial charge in [0.2, 0.25) is 11.8 Å². The summed E-state index contributed by atoms with van der Waals surface area (Å²) >= 11 is 0. The molecule has 0 aromatic heterocycles. The van der Waals surface area contributed by atoms with Crippen LogP contribution in [0.2, 0.25) is 0 Å². The van der Waals surface area contributed by atoms with Crippen molar-refractivity contribution >= 4 is 30.0 Å². The molecule has 3 atom stereocenters. The van der Waals surface area contributed by atoms with Crippen LogP contribution in [0.1, 0.15) is 71.6 Å². The number of carbonyl (C=O) groups excluding carboxylic acids is 4. The number of hydrogen-bond donors (Lipinski definition) is 2. The minimum Gasteiger partial charge on any atom is -0.466 e. The Balaban J connectivity index is 3.44. The predicted molar refractivity (Wildman–Crippen MR) is 148 cm³/mol. The van der Waals surface area contributed by atoms with E-state index in [0.29, 0.717) is 12.0 Å². The Hall–Kier alpha value is -3.62. The summed E-state index contributed by atoms with van der Waals surface area (Å²) in [6, 6.07) is 5.10. The normalized spacial score (nSPS) is 13.3. The molecule has 1 rings (SSSR count). The first-order valence-electron chi connectivity index (χ1n) is 12.9. The van der Waals surface area contributed by atoms with E-state index in [4.69, 9.17) is 9.47 Å². The second-order valence-electron chi connectivity index (χ2n) is 9.91. The molecule has 0 fully saturated rings. The lowest BCUT2D eigenvalue weighted by Crippen LogP contribution is -2.55. The zero-order valence-electron chi connectivity index (χ0n) is 23.5. The first-order valence-corrected chi connectivity index (χ1v) is 12.9. The molecule has 0 aliphatic rings. The Morgan fingerprint density at radius 1 is 1.13 bits per heavy atom. The van der Waals surface area contributed by atoms with Crippen LogP contribution in [0.15, 0.2) is 43.5 Å². The first-order chi connectivity index (χ1) is 17.9. The van der Waals surface area contributed by atoms with E-state index in [9.17, 15) is 19.2 Å². The second kappa shape index (κ2) is 15.6. The van der Waals surface area contributed by atoms with Crippen molar-refractivity contribution in [2.45, 2.75) is 72.1 Å². The molecule has 9 heteroatoms. The molecule has 3 amide bonds. The van der Waals surface area contributed by atoms with Crippen LogP contribution in [0.4, 0.5) is 4.79 Å². The standard InChI is InChI=1S/C29H43N3O6/c1-9-18-32(27(35)24(20(5)10-2)31-28(36)38-29(6,7)8)25(22-15-13-14-21(11-3)19-22)26(34)30-17-16-23(33)37-12-4/h9,11,13-15,19-20,24-25H,1,3,10,12,16-18H2,2,4-8H3,(H,30,34)(H,31,36). The molecule has 1 aromatic carbocycles. The zero-order chi connectivity index (χ0) is 28.9. The smallest absolute Gasteiger partial charge is 0.408 e. The van der Waals surface area contributed by atoms with E-state index in [1.807, 2.05) is 19.9 Å². The highest BCUT2D eigenvalue weighted by atomic mass is 16.6. The van der Waals surface area contributed by atoms with Gasteiger partial charge in [0.15, 0.2) is 0 Å². The van der Waals surface area contributed by atoms with Gasteiger partial charge in [-0.1, -0.05) is 57.2 Å². The van der Waals surface area contributed by atoms with Crippen molar-refractivity contribution in [3.05, 3.63) is 54.6 Å². The summed E-state index contributed by atoms with van der Waals surface area (Å²) in [6.45, 7) is 18.6. The van der Waals surface area contributed by atoms with Crippen molar-refractivity contribution in [3.63, 3.8) is 0 Å². The maximum atomic E-state index is 14.0. The molecule has 38 heavy (non-hydrogen) atoms. The lowest BCUT2D eigenvalue weighted by Gasteiger charge is -2.35. The van der Waals surface area contributed by atoms with Gasteiger partial charge in [-0.2, -0.15) is 0 Å². The number of amides is 3. The number of nitrogens with one attached hydrogen (secondary N) is 2. The van der Waals surface area contributed by atoms with Crippen LogP contribution in [-0.4, -0.2) is 60.1 Å². The second-order valence-corrected chi connectivity index (χ2v) is 9.91. The van der Waals surface area contributed by atoms with Gasteiger partial charge >= 0.3 is 12.1 Å². The number of alkyl carbamates (subject to hydrolysis) is 1. The number of benzene rings is 1. The number of hydrogen-bond acceptors (Lipinski definition) is 6. The Morgan fingerprint density at radius 3 is 2.37 bits per heavy atom. The number of esters is 1. The molecule has 1 aromatic rings. The zero-order valence-corrected chi connectivity index (χ0v) is 23.5. The largest absolute Gasteiger partial charge is 0.466 e. The van der Waals surface area contributed by atoms with Gasteiger partial charge in [0.25, 0.3) is 0 Å². The maximum absolute atomic E-state index is 14.0. The molecule has 0 bridgehead atoms. The van der Waals surface area contributed by atoms with Crippen molar-refractivity contribution < 1.29 is 28.7 Å². The Labute approximate surface area is 226 Å². The number of rotatable bonds is 14. The quantitative estimate of drug-likeness (QED) is 0.273. The van der Waals surface area contributed by atoms with Crippen molar-refractivity contribution in [1.82, 2.24) is 15.5 Å². The fraction of sp³-hybridized carbons (Fsp3) is 0.517. The summed E-state index contributed by atoms with van der Waals surface area (Å²) in [5.41, 5.74) is 0.565. The summed E-state index contributed by atoms with van der Waals surface area (Å²) < 4.78 is 10.3. The van der Waals surface area contributed by atoms with Gasteiger partial charge < -0.3 is 25.0 Å². The van der Waals surface area contributed by atoms with Gasteiger partial charge in [-0.15, -0.1) is 6.58 Å². The molecule has 9 nitrogen and oxygen atoms in total. The highest BCUT2D eigenvalue weighted by Crippen LogP contribution is 2.26. The van der Waals surface area contributed by atoms with Crippen LogP contribution in [0.3, 0.4) is 0 Å². The van der Waals surface area contributed by atoms with Gasteiger partial charge in [0.1, 0.15) is 17.7 Å². The van der Waals surface area contributed by atoms with Gasteiger partial charge in [-0.3, -0.25) is 14.4 Å². The van der Waals surface area contributed by atoms with E-state index >= 15 is 0 Å². The fourth-order valence-electron chi connectivity index (χ4n) is 3.70. The Bertz CT molecular complexity index is 985. The molecule has 0 saturated heterocycles. The van der Waals surface area contributed by atoms with Crippen molar-refractivity contribution in [3.8, 4) is 0 Å². The Morgan fingerprint density at radius 2 is 1.82 bits per heavy atom. The molecule has 0 radical (unpaired) electrons. The Kier molecular flexibility index (Phi) is 13.3. The van der Waals surface area contributed by atoms with Crippen molar-refractivity contribution in [2.24, 2.45) is 5.92 Å². The van der Waals surface area contributed by atoms with E-state index in [-0.39, 0.29) is 32.0 Å². The summed E-state index contributed by atoms with van der Waals surface area (Å²) in [5, 5.41) is 5.46. The van der Waals surface area contributed by atoms with Gasteiger partial charge in [-0.05, 0) is 50.8 Å². The van der Waals surface area contributed by atoms with Gasteiger partial charge in [0.05, 0.1) is 13.0 Å². The van der Waals surface area contributed by atoms with E-state index in [1.165, 1.54) is 11.0 Å². The first kappa shape index (κ1) is 32.4. The third-order valence-electron chi connectivity index (χ3n) is 5.72. The molecular formula is C29H43N3O6. The van der Waals surface area contributed by atoms with E-state index in [1.54, 1.807) is 52.0 Å². The van der Waals surface area contributed by atoms with E-state index < -0.39 is 41.6 Å². The van der Waals surface area contributed by atoms with E-state index in [0.717, 1.165) is 5.56 Å². The third kappa shape index (κ3) is 10.4. The average molecular weight is 530 g/mol.